The van der Waals surface area contributed by atoms with Crippen molar-refractivity contribution in [3.05, 3.63) is 323 Å². The summed E-state index contributed by atoms with van der Waals surface area (Å²) in [4.78, 5) is 35.4. The number of nitrogens with one attached hydrogen (secondary N) is 1. The Bertz CT molecular complexity index is 3720. The lowest BCUT2D eigenvalue weighted by Crippen LogP contribution is -2.67. The van der Waals surface area contributed by atoms with E-state index in [-0.39, 0.29) is 84.6 Å². The summed E-state index contributed by atoms with van der Waals surface area (Å²) in [6.45, 7) is 1.33. The Hall–Kier alpha value is -8.48. The van der Waals surface area contributed by atoms with Gasteiger partial charge in [0.15, 0.2) is 6.10 Å². The summed E-state index contributed by atoms with van der Waals surface area (Å²) in [5.41, 5.74) is 8.01. The van der Waals surface area contributed by atoms with E-state index < -0.39 is 73.0 Å². The number of hydrogen-bond donors (Lipinski definition) is 1. The molecule has 1 saturated carbocycles. The first-order valence-corrected chi connectivity index (χ1v) is 34.6. The molecule has 3 aliphatic rings. The van der Waals surface area contributed by atoms with E-state index in [1.165, 1.54) is 0 Å². The molecule has 1 unspecified atom stereocenters. The molecule has 14 heteroatoms. The lowest BCUT2D eigenvalue weighted by atomic mass is 9.90. The third-order valence-electron chi connectivity index (χ3n) is 18.4. The predicted molar refractivity (Wildman–Crippen MR) is 376 cm³/mol. The average Bonchev–Trinajstić information content (AvgIpc) is 0.769. The Morgan fingerprint density at radius 3 is 1.01 bits per heavy atom. The normalized spacial score (nSPS) is 22.2. The molecule has 2 heterocycles. The van der Waals surface area contributed by atoms with Gasteiger partial charge in [0, 0.05) is 6.04 Å². The third kappa shape index (κ3) is 19.9. The summed E-state index contributed by atoms with van der Waals surface area (Å²) < 4.78 is 71.9. The van der Waals surface area contributed by atoms with Gasteiger partial charge >= 0.3 is 0 Å². The topological polar surface area (TPSA) is 142 Å². The second-order valence-electron chi connectivity index (χ2n) is 25.5. The SMILES string of the molecule is O=C(NC1CCCCC1)C(c1ccccc1)N(C[C@@H]1O[C@H](COCc2ccccc2)[C@@H](OCc2ccccc2)[C@H](OCc2ccccc2)[C@H]1OCc1ccccc1)C(=O)[C@@H]1O[C@H](COCc2ccccc2)[C@@H](OCc2ccccc2)[C@H](OCc2ccccc2)[C@H]1OCc1ccccc1. The Morgan fingerprint density at radius 1 is 0.347 bits per heavy atom. The Kier molecular flexibility index (Phi) is 26.2. The summed E-state index contributed by atoms with van der Waals surface area (Å²) in [6, 6.07) is 87.8. The Labute approximate surface area is 577 Å². The minimum absolute atomic E-state index is 0.00435. The summed E-state index contributed by atoms with van der Waals surface area (Å²) in [5.74, 6) is -0.899. The largest absolute Gasteiger partial charge is 0.374 e. The van der Waals surface area contributed by atoms with Gasteiger partial charge in [-0.3, -0.25) is 9.59 Å². The number of carbonyl (C=O) groups excluding carboxylic acids is 2. The molecule has 98 heavy (non-hydrogen) atoms. The van der Waals surface area contributed by atoms with Crippen LogP contribution >= 0.6 is 0 Å². The van der Waals surface area contributed by atoms with Crippen molar-refractivity contribution in [3.8, 4) is 0 Å². The molecular formula is C84H90N2O12. The van der Waals surface area contributed by atoms with Crippen molar-refractivity contribution in [3.63, 3.8) is 0 Å². The van der Waals surface area contributed by atoms with Gasteiger partial charge in [0.05, 0.1) is 72.6 Å². The number of ether oxygens (including phenoxy) is 10. The molecule has 2 amide bonds. The molecule has 14 nitrogen and oxygen atoms in total. The van der Waals surface area contributed by atoms with Crippen molar-refractivity contribution in [1.29, 1.82) is 0 Å². The zero-order valence-electron chi connectivity index (χ0n) is 55.6. The van der Waals surface area contributed by atoms with Crippen LogP contribution in [0.5, 0.6) is 0 Å². The van der Waals surface area contributed by atoms with Crippen molar-refractivity contribution >= 4 is 11.8 Å². The number of hydrogen-bond acceptors (Lipinski definition) is 12. The molecule has 0 bridgehead atoms. The van der Waals surface area contributed by atoms with E-state index in [2.05, 4.69) is 5.32 Å². The maximum absolute atomic E-state index is 17.6. The molecule has 11 atom stereocenters. The first-order valence-electron chi connectivity index (χ1n) is 34.6. The fourth-order valence-corrected chi connectivity index (χ4v) is 13.3. The molecule has 9 aromatic rings. The summed E-state index contributed by atoms with van der Waals surface area (Å²) >= 11 is 0. The van der Waals surface area contributed by atoms with E-state index in [1.54, 1.807) is 4.90 Å². The summed E-state index contributed by atoms with van der Waals surface area (Å²) in [7, 11) is 0. The van der Waals surface area contributed by atoms with Gasteiger partial charge in [-0.2, -0.15) is 0 Å². The highest BCUT2D eigenvalue weighted by molar-refractivity contribution is 5.91. The number of nitrogens with zero attached hydrogens (tertiary/aromatic N) is 1. The van der Waals surface area contributed by atoms with Crippen LogP contribution in [0, 0.1) is 0 Å². The van der Waals surface area contributed by atoms with Gasteiger partial charge in [-0.25, -0.2) is 0 Å². The molecule has 1 N–H and O–H groups in total. The third-order valence-corrected chi connectivity index (χ3v) is 18.4. The van der Waals surface area contributed by atoms with Gasteiger partial charge in [0.1, 0.15) is 61.0 Å². The molecule has 2 aliphatic heterocycles. The van der Waals surface area contributed by atoms with Crippen molar-refractivity contribution in [2.45, 2.75) is 158 Å². The van der Waals surface area contributed by atoms with Crippen molar-refractivity contribution < 1.29 is 57.0 Å². The van der Waals surface area contributed by atoms with Crippen molar-refractivity contribution in [1.82, 2.24) is 10.2 Å². The van der Waals surface area contributed by atoms with Crippen LogP contribution in [0.1, 0.15) is 88.2 Å². The molecular weight excluding hydrogens is 1230 g/mol. The van der Waals surface area contributed by atoms with Gasteiger partial charge in [-0.15, -0.1) is 0 Å². The smallest absolute Gasteiger partial charge is 0.255 e. The highest BCUT2D eigenvalue weighted by atomic mass is 16.6. The number of rotatable bonds is 33. The second kappa shape index (κ2) is 36.9. The fourth-order valence-electron chi connectivity index (χ4n) is 13.3. The molecule has 12 rings (SSSR count). The van der Waals surface area contributed by atoms with E-state index in [0.29, 0.717) is 5.56 Å². The lowest BCUT2D eigenvalue weighted by molar-refractivity contribution is -0.279. The van der Waals surface area contributed by atoms with Crippen LogP contribution in [-0.2, 0) is 110 Å². The zero-order chi connectivity index (χ0) is 66.8. The number of amides is 2. The summed E-state index contributed by atoms with van der Waals surface area (Å²) in [5, 5.41) is 3.48. The summed E-state index contributed by atoms with van der Waals surface area (Å²) in [6.07, 6.45) is -5.22. The van der Waals surface area contributed by atoms with Crippen LogP contribution in [0.15, 0.2) is 273 Å². The standard InChI is InChI=1S/C84H90N2O12/c87-83(85-71-49-29-10-30-50-71)75(70-47-27-9-28-48-70)86(51-72-76(91-54-64-35-15-3-16-36-64)79(94-57-67-41-21-6-22-42-67)77(92-55-65-37-17-4-18-38-65)73(97-72)60-89-52-62-31-11-1-12-32-62)84(88)82-81(96-59-69-45-25-8-26-46-69)80(95-58-68-43-23-7-24-44-68)78(93-56-66-39-19-5-20-40-66)74(98-82)61-90-53-63-33-13-2-14-34-63/h1-9,11-28,31-48,71-82H,10,29-30,49-61H2,(H,85,87)/t72-,73+,74+,75?,76-,77+,78+,79+,80-,81+,82+/m0/s1. The quantitative estimate of drug-likeness (QED) is 0.0418. The monoisotopic (exact) mass is 1320 g/mol. The molecule has 0 radical (unpaired) electrons. The molecule has 508 valence electrons. The maximum Gasteiger partial charge on any atom is 0.255 e. The predicted octanol–water partition coefficient (Wildman–Crippen LogP) is 14.5. The van der Waals surface area contributed by atoms with E-state index in [1.807, 2.05) is 273 Å². The molecule has 1 aliphatic carbocycles. The van der Waals surface area contributed by atoms with Gasteiger partial charge in [-0.05, 0) is 62.9 Å². The van der Waals surface area contributed by atoms with Crippen LogP contribution in [-0.4, -0.2) is 104 Å². The Morgan fingerprint density at radius 2 is 0.643 bits per heavy atom. The fraction of sp³-hybridized carbons (Fsp3) is 0.333. The maximum atomic E-state index is 17.6. The molecule has 0 spiro atoms. The Balaban J connectivity index is 1.01. The molecule has 3 fully saturated rings. The van der Waals surface area contributed by atoms with Gasteiger partial charge < -0.3 is 57.6 Å². The minimum atomic E-state index is -1.46. The molecule has 2 saturated heterocycles. The van der Waals surface area contributed by atoms with Crippen LogP contribution in [0.3, 0.4) is 0 Å². The van der Waals surface area contributed by atoms with Crippen LogP contribution < -0.4 is 5.32 Å². The lowest BCUT2D eigenvalue weighted by Gasteiger charge is -2.49. The molecule has 9 aromatic carbocycles. The van der Waals surface area contributed by atoms with Gasteiger partial charge in [0.25, 0.3) is 5.91 Å². The number of carbonyl (C=O) groups is 2. The molecule has 0 aromatic heterocycles. The van der Waals surface area contributed by atoms with Gasteiger partial charge in [0.2, 0.25) is 5.91 Å². The first kappa shape index (κ1) is 69.4. The first-order chi connectivity index (χ1) is 48.5. The van der Waals surface area contributed by atoms with Crippen LogP contribution in [0.2, 0.25) is 0 Å². The second-order valence-corrected chi connectivity index (χ2v) is 25.5. The highest BCUT2D eigenvalue weighted by Gasteiger charge is 2.55. The van der Waals surface area contributed by atoms with Crippen molar-refractivity contribution in [2.24, 2.45) is 0 Å². The van der Waals surface area contributed by atoms with Crippen molar-refractivity contribution in [2.75, 3.05) is 19.8 Å². The van der Waals surface area contributed by atoms with E-state index >= 15 is 9.59 Å². The zero-order valence-corrected chi connectivity index (χ0v) is 55.6. The van der Waals surface area contributed by atoms with E-state index in [4.69, 9.17) is 47.4 Å². The van der Waals surface area contributed by atoms with Crippen LogP contribution in [0.4, 0.5) is 0 Å². The average molecular weight is 1320 g/mol. The van der Waals surface area contributed by atoms with E-state index in [9.17, 15) is 0 Å². The number of benzene rings is 9. The minimum Gasteiger partial charge on any atom is -0.374 e. The van der Waals surface area contributed by atoms with Crippen LogP contribution in [0.25, 0.3) is 0 Å². The highest BCUT2D eigenvalue weighted by Crippen LogP contribution is 2.38. The van der Waals surface area contributed by atoms with E-state index in [0.717, 1.165) is 76.6 Å². The van der Waals surface area contributed by atoms with Gasteiger partial charge in [-0.1, -0.05) is 292 Å².